The highest BCUT2D eigenvalue weighted by Gasteiger charge is 2.24. The third kappa shape index (κ3) is 4.22. The van der Waals surface area contributed by atoms with Crippen molar-refractivity contribution in [3.8, 4) is 0 Å². The third-order valence-electron chi connectivity index (χ3n) is 5.90. The van der Waals surface area contributed by atoms with Crippen LogP contribution in [0, 0.1) is 5.92 Å². The number of hydrogen-bond acceptors (Lipinski definition) is 3. The number of piperidine rings is 1. The highest BCUT2D eigenvalue weighted by atomic mass is 16.1. The summed E-state index contributed by atoms with van der Waals surface area (Å²) in [5, 5.41) is 0. The SMILES string of the molecule is O=C(CN1CCC(CN2CCc3ccccc3C2)CC1)c1ccccc1. The number of nitrogens with zero attached hydrogens (tertiary/aromatic N) is 2. The molecule has 1 fully saturated rings. The molecule has 2 aliphatic heterocycles. The molecule has 26 heavy (non-hydrogen) atoms. The van der Waals surface area contributed by atoms with Gasteiger partial charge in [0, 0.05) is 25.2 Å². The number of ketones is 1. The van der Waals surface area contributed by atoms with Crippen LogP contribution in [-0.2, 0) is 13.0 Å². The molecular weight excluding hydrogens is 320 g/mol. The van der Waals surface area contributed by atoms with Crippen LogP contribution in [0.5, 0.6) is 0 Å². The van der Waals surface area contributed by atoms with Crippen LogP contribution in [0.25, 0.3) is 0 Å². The molecule has 2 aromatic carbocycles. The summed E-state index contributed by atoms with van der Waals surface area (Å²) in [6.45, 7) is 6.15. The second kappa shape index (κ2) is 8.15. The number of fused-ring (bicyclic) bond motifs is 1. The Kier molecular flexibility index (Phi) is 5.47. The minimum absolute atomic E-state index is 0.247. The topological polar surface area (TPSA) is 23.6 Å². The Hall–Kier alpha value is -1.97. The van der Waals surface area contributed by atoms with Crippen molar-refractivity contribution in [2.45, 2.75) is 25.8 Å². The third-order valence-corrected chi connectivity index (χ3v) is 5.90. The van der Waals surface area contributed by atoms with Crippen molar-refractivity contribution < 1.29 is 4.79 Å². The van der Waals surface area contributed by atoms with Crippen molar-refractivity contribution in [3.05, 3.63) is 71.3 Å². The Morgan fingerprint density at radius 1 is 0.846 bits per heavy atom. The predicted octanol–water partition coefficient (Wildman–Crippen LogP) is 3.64. The monoisotopic (exact) mass is 348 g/mol. The first-order chi connectivity index (χ1) is 12.8. The van der Waals surface area contributed by atoms with Gasteiger partial charge < -0.3 is 0 Å². The number of hydrogen-bond donors (Lipinski definition) is 0. The van der Waals surface area contributed by atoms with Gasteiger partial charge in [-0.1, -0.05) is 54.6 Å². The Balaban J connectivity index is 1.24. The van der Waals surface area contributed by atoms with Crippen LogP contribution < -0.4 is 0 Å². The van der Waals surface area contributed by atoms with Crippen LogP contribution >= 0.6 is 0 Å². The summed E-state index contributed by atoms with van der Waals surface area (Å²) >= 11 is 0. The van der Waals surface area contributed by atoms with Crippen molar-refractivity contribution in [3.63, 3.8) is 0 Å². The summed E-state index contributed by atoms with van der Waals surface area (Å²) in [5.74, 6) is 1.01. The second-order valence-electron chi connectivity index (χ2n) is 7.76. The quantitative estimate of drug-likeness (QED) is 0.771. The maximum absolute atomic E-state index is 12.4. The van der Waals surface area contributed by atoms with Gasteiger partial charge in [0.2, 0.25) is 0 Å². The molecule has 0 saturated carbocycles. The largest absolute Gasteiger partial charge is 0.298 e. The Morgan fingerprint density at radius 3 is 2.31 bits per heavy atom. The molecule has 0 amide bonds. The van der Waals surface area contributed by atoms with Crippen LogP contribution in [0.1, 0.15) is 34.3 Å². The van der Waals surface area contributed by atoms with Gasteiger partial charge in [-0.25, -0.2) is 0 Å². The van der Waals surface area contributed by atoms with Gasteiger partial charge in [-0.05, 0) is 49.4 Å². The molecule has 3 heteroatoms. The zero-order chi connectivity index (χ0) is 17.8. The lowest BCUT2D eigenvalue weighted by atomic mass is 9.93. The van der Waals surface area contributed by atoms with Crippen molar-refractivity contribution >= 4 is 5.78 Å². The van der Waals surface area contributed by atoms with Gasteiger partial charge in [0.15, 0.2) is 5.78 Å². The second-order valence-corrected chi connectivity index (χ2v) is 7.76. The zero-order valence-electron chi connectivity index (χ0n) is 15.4. The van der Waals surface area contributed by atoms with E-state index in [-0.39, 0.29) is 5.78 Å². The number of rotatable bonds is 5. The van der Waals surface area contributed by atoms with Crippen LogP contribution in [-0.4, -0.2) is 48.3 Å². The average Bonchev–Trinajstić information content (AvgIpc) is 2.70. The number of carbonyl (C=O) groups excluding carboxylic acids is 1. The minimum Gasteiger partial charge on any atom is -0.298 e. The summed E-state index contributed by atoms with van der Waals surface area (Å²) in [5.41, 5.74) is 3.87. The fourth-order valence-corrected chi connectivity index (χ4v) is 4.32. The van der Waals surface area contributed by atoms with Crippen molar-refractivity contribution in [2.24, 2.45) is 5.92 Å². The number of Topliss-reactive ketones (excluding diaryl/α,β-unsaturated/α-hetero) is 1. The van der Waals surface area contributed by atoms with Gasteiger partial charge in [0.1, 0.15) is 0 Å². The van der Waals surface area contributed by atoms with Gasteiger partial charge in [0.05, 0.1) is 6.54 Å². The molecular formula is C23H28N2O. The summed E-state index contributed by atoms with van der Waals surface area (Å²) < 4.78 is 0. The first-order valence-electron chi connectivity index (χ1n) is 9.87. The molecule has 0 spiro atoms. The standard InChI is InChI=1S/C23H28N2O/c26-23(21-7-2-1-3-8-21)18-24-13-10-19(11-14-24)16-25-15-12-20-6-4-5-9-22(20)17-25/h1-9,19H,10-18H2. The number of carbonyl (C=O) groups is 1. The number of likely N-dealkylation sites (tertiary alicyclic amines) is 1. The summed E-state index contributed by atoms with van der Waals surface area (Å²) in [7, 11) is 0. The van der Waals surface area contributed by atoms with E-state index in [0.29, 0.717) is 6.54 Å². The lowest BCUT2D eigenvalue weighted by Gasteiger charge is -2.36. The molecule has 2 heterocycles. The van der Waals surface area contributed by atoms with E-state index >= 15 is 0 Å². The molecule has 0 aliphatic carbocycles. The van der Waals surface area contributed by atoms with Crippen molar-refractivity contribution in [2.75, 3.05) is 32.7 Å². The highest BCUT2D eigenvalue weighted by Crippen LogP contribution is 2.23. The van der Waals surface area contributed by atoms with Gasteiger partial charge in [-0.2, -0.15) is 0 Å². The fraction of sp³-hybridized carbons (Fsp3) is 0.435. The molecule has 0 unspecified atom stereocenters. The van der Waals surface area contributed by atoms with Gasteiger partial charge in [0.25, 0.3) is 0 Å². The highest BCUT2D eigenvalue weighted by molar-refractivity contribution is 5.97. The molecule has 3 nitrogen and oxygen atoms in total. The van der Waals surface area contributed by atoms with Crippen molar-refractivity contribution in [1.82, 2.24) is 9.80 Å². The van der Waals surface area contributed by atoms with Crippen LogP contribution in [0.4, 0.5) is 0 Å². The molecule has 0 bridgehead atoms. The zero-order valence-corrected chi connectivity index (χ0v) is 15.4. The Bertz CT molecular complexity index is 735. The predicted molar refractivity (Wildman–Crippen MR) is 105 cm³/mol. The van der Waals surface area contributed by atoms with E-state index in [9.17, 15) is 4.79 Å². The van der Waals surface area contributed by atoms with E-state index in [4.69, 9.17) is 0 Å². The van der Waals surface area contributed by atoms with Crippen LogP contribution in [0.2, 0.25) is 0 Å². The molecule has 0 atom stereocenters. The van der Waals surface area contributed by atoms with Crippen LogP contribution in [0.3, 0.4) is 0 Å². The summed E-state index contributed by atoms with van der Waals surface area (Å²) in [6.07, 6.45) is 3.60. The molecule has 0 N–H and O–H groups in total. The van der Waals surface area contributed by atoms with Gasteiger partial charge in [-0.3, -0.25) is 14.6 Å². The van der Waals surface area contributed by atoms with E-state index in [1.165, 1.54) is 43.5 Å². The summed E-state index contributed by atoms with van der Waals surface area (Å²) in [6, 6.07) is 18.5. The van der Waals surface area contributed by atoms with Gasteiger partial charge in [-0.15, -0.1) is 0 Å². The lowest BCUT2D eigenvalue weighted by molar-refractivity contribution is 0.0871. The normalized spacial score (nSPS) is 19.2. The van der Waals surface area contributed by atoms with E-state index in [2.05, 4.69) is 34.1 Å². The maximum Gasteiger partial charge on any atom is 0.176 e. The van der Waals surface area contributed by atoms with E-state index < -0.39 is 0 Å². The first kappa shape index (κ1) is 17.4. The number of benzene rings is 2. The molecule has 2 aliphatic rings. The first-order valence-corrected chi connectivity index (χ1v) is 9.87. The molecule has 0 radical (unpaired) electrons. The molecule has 0 aromatic heterocycles. The lowest BCUT2D eigenvalue weighted by Crippen LogP contribution is -2.41. The van der Waals surface area contributed by atoms with Crippen LogP contribution in [0.15, 0.2) is 54.6 Å². The fourth-order valence-electron chi connectivity index (χ4n) is 4.32. The molecule has 136 valence electrons. The Morgan fingerprint density at radius 2 is 1.54 bits per heavy atom. The average molecular weight is 348 g/mol. The molecule has 4 rings (SSSR count). The van der Waals surface area contributed by atoms with E-state index in [1.54, 1.807) is 0 Å². The summed E-state index contributed by atoms with van der Waals surface area (Å²) in [4.78, 5) is 17.3. The molecule has 1 saturated heterocycles. The van der Waals surface area contributed by atoms with Crippen molar-refractivity contribution in [1.29, 1.82) is 0 Å². The van der Waals surface area contributed by atoms with E-state index in [1.807, 2.05) is 30.3 Å². The minimum atomic E-state index is 0.247. The van der Waals surface area contributed by atoms with E-state index in [0.717, 1.165) is 31.1 Å². The smallest absolute Gasteiger partial charge is 0.176 e. The molecule has 2 aromatic rings. The van der Waals surface area contributed by atoms with Gasteiger partial charge >= 0.3 is 0 Å². The Labute approximate surface area is 156 Å². The maximum atomic E-state index is 12.4.